The van der Waals surface area contributed by atoms with Gasteiger partial charge in [0.25, 0.3) is 20.8 Å². The van der Waals surface area contributed by atoms with Crippen molar-refractivity contribution in [3.8, 4) is 17.2 Å². The molecule has 178 valence electrons. The molecule has 0 atom stereocenters. The fraction of sp³-hybridized carbons (Fsp3) is 0.211. The predicted molar refractivity (Wildman–Crippen MR) is 108 cm³/mol. The number of ether oxygens (including phenoxy) is 2. The van der Waals surface area contributed by atoms with E-state index in [9.17, 15) is 30.7 Å². The standard InChI is InChI=1S/C19H18O12S2.2Na/c1-3-27-19(20)18-11(2)29-15-9-16(17(8-14(15)18)31-33(24,25)26)28-10-12-5-4-6-13(7-12)30-32(21,22)23;;/h4-9H,3,10H2,1-2H3,(H,21,22,23)(H,24,25,26);;/q;2*+1/p-2. The second-order valence-corrected chi connectivity index (χ2v) is 8.43. The number of furan rings is 1. The van der Waals surface area contributed by atoms with Gasteiger partial charge in [0, 0.05) is 11.5 Å². The fourth-order valence-electron chi connectivity index (χ4n) is 2.94. The van der Waals surface area contributed by atoms with Gasteiger partial charge < -0.3 is 31.4 Å². The minimum Gasteiger partial charge on any atom is -0.716 e. The average Bonchev–Trinajstić information content (AvgIpc) is 2.98. The van der Waals surface area contributed by atoms with E-state index in [0.717, 1.165) is 6.07 Å². The van der Waals surface area contributed by atoms with Gasteiger partial charge in [-0.05, 0) is 37.6 Å². The second-order valence-electron chi connectivity index (χ2n) is 6.47. The van der Waals surface area contributed by atoms with E-state index in [0.29, 0.717) is 5.56 Å². The van der Waals surface area contributed by atoms with Crippen LogP contribution in [0.4, 0.5) is 0 Å². The fourth-order valence-corrected chi connectivity index (χ4v) is 3.63. The summed E-state index contributed by atoms with van der Waals surface area (Å²) in [6.07, 6.45) is 0. The largest absolute Gasteiger partial charge is 1.00 e. The Morgan fingerprint density at radius 2 is 1.63 bits per heavy atom. The van der Waals surface area contributed by atoms with Crippen molar-refractivity contribution in [1.82, 2.24) is 0 Å². The van der Waals surface area contributed by atoms with E-state index in [4.69, 9.17) is 13.9 Å². The summed E-state index contributed by atoms with van der Waals surface area (Å²) in [6, 6.07) is 7.63. The first-order valence-electron chi connectivity index (χ1n) is 9.13. The minimum absolute atomic E-state index is 0. The van der Waals surface area contributed by atoms with Crippen LogP contribution in [0.3, 0.4) is 0 Å². The summed E-state index contributed by atoms with van der Waals surface area (Å²) in [5.74, 6) is -1.54. The molecule has 1 heterocycles. The van der Waals surface area contributed by atoms with Crippen molar-refractivity contribution in [2.24, 2.45) is 0 Å². The molecule has 0 radical (unpaired) electrons. The molecule has 0 amide bonds. The molecule has 35 heavy (non-hydrogen) atoms. The van der Waals surface area contributed by atoms with Gasteiger partial charge in [-0.15, -0.1) is 0 Å². The third-order valence-electron chi connectivity index (χ3n) is 4.09. The molecule has 2 aromatic carbocycles. The van der Waals surface area contributed by atoms with Crippen LogP contribution in [0.1, 0.15) is 28.6 Å². The van der Waals surface area contributed by atoms with E-state index in [1.165, 1.54) is 37.3 Å². The first-order chi connectivity index (χ1) is 15.4. The van der Waals surface area contributed by atoms with E-state index in [-0.39, 0.29) is 106 Å². The van der Waals surface area contributed by atoms with Crippen molar-refractivity contribution in [3.63, 3.8) is 0 Å². The van der Waals surface area contributed by atoms with Crippen molar-refractivity contribution < 1.29 is 112 Å². The average molecular weight is 546 g/mol. The number of aryl methyl sites for hydroxylation is 1. The molecule has 0 aliphatic heterocycles. The zero-order valence-corrected chi connectivity index (χ0v) is 24.7. The van der Waals surface area contributed by atoms with Crippen LogP contribution in [0.2, 0.25) is 0 Å². The Bertz CT molecular complexity index is 1420. The van der Waals surface area contributed by atoms with Gasteiger partial charge in [-0.2, -0.15) is 0 Å². The number of benzene rings is 2. The number of rotatable bonds is 9. The number of hydrogen-bond acceptors (Lipinski definition) is 12. The Hall–Kier alpha value is -1.33. The smallest absolute Gasteiger partial charge is 0.716 e. The van der Waals surface area contributed by atoms with Crippen molar-refractivity contribution >= 4 is 37.7 Å². The van der Waals surface area contributed by atoms with Crippen molar-refractivity contribution in [1.29, 1.82) is 0 Å². The van der Waals surface area contributed by atoms with Gasteiger partial charge in [0.15, 0.2) is 11.5 Å². The van der Waals surface area contributed by atoms with Crippen LogP contribution < -0.4 is 72.2 Å². The van der Waals surface area contributed by atoms with Crippen molar-refractivity contribution in [2.75, 3.05) is 6.61 Å². The molecule has 0 aliphatic rings. The molecule has 0 aliphatic carbocycles. The SMILES string of the molecule is CCOC(=O)c1c(C)oc2cc(OCc3cccc(OS(=O)(=O)[O-])c3)c(OS(=O)(=O)[O-])cc12.[Na+].[Na+]. The third-order valence-corrected chi connectivity index (χ3v) is 4.87. The van der Waals surface area contributed by atoms with E-state index in [1.54, 1.807) is 6.92 Å². The summed E-state index contributed by atoms with van der Waals surface area (Å²) >= 11 is 0. The molecule has 0 saturated heterocycles. The van der Waals surface area contributed by atoms with Crippen LogP contribution in [0.15, 0.2) is 40.8 Å². The van der Waals surface area contributed by atoms with Gasteiger partial charge >= 0.3 is 65.1 Å². The van der Waals surface area contributed by atoms with Crippen LogP contribution in [-0.4, -0.2) is 38.5 Å². The number of carbonyl (C=O) groups is 1. The van der Waals surface area contributed by atoms with Crippen LogP contribution in [0, 0.1) is 6.92 Å². The zero-order chi connectivity index (χ0) is 24.4. The maximum absolute atomic E-state index is 12.3. The molecule has 16 heteroatoms. The van der Waals surface area contributed by atoms with E-state index in [2.05, 4.69) is 8.37 Å². The summed E-state index contributed by atoms with van der Waals surface area (Å²) in [5, 5.41) is 0.132. The van der Waals surface area contributed by atoms with Crippen LogP contribution in [0.5, 0.6) is 17.2 Å². The Morgan fingerprint density at radius 1 is 0.971 bits per heavy atom. The van der Waals surface area contributed by atoms with E-state index >= 15 is 0 Å². The maximum atomic E-state index is 12.3. The molecule has 0 N–H and O–H groups in total. The summed E-state index contributed by atoms with van der Waals surface area (Å²) in [7, 11) is -10.2. The summed E-state index contributed by atoms with van der Waals surface area (Å²) in [5.41, 5.74) is 0.473. The number of hydrogen-bond donors (Lipinski definition) is 0. The van der Waals surface area contributed by atoms with Gasteiger partial charge in [-0.25, -0.2) is 21.6 Å². The topological polar surface area (TPSA) is 182 Å². The van der Waals surface area contributed by atoms with E-state index in [1.807, 2.05) is 0 Å². The zero-order valence-electron chi connectivity index (χ0n) is 19.1. The monoisotopic (exact) mass is 546 g/mol. The molecule has 0 unspecified atom stereocenters. The molecule has 0 spiro atoms. The summed E-state index contributed by atoms with van der Waals surface area (Å²) in [4.78, 5) is 12.3. The molecular formula is C19H16Na2O12S2. The molecular weight excluding hydrogens is 530 g/mol. The first-order valence-corrected chi connectivity index (χ1v) is 11.8. The Balaban J connectivity index is 0.00000306. The van der Waals surface area contributed by atoms with Crippen molar-refractivity contribution in [2.45, 2.75) is 20.5 Å². The molecule has 3 aromatic rings. The Morgan fingerprint density at radius 3 is 2.23 bits per heavy atom. The summed E-state index contributed by atoms with van der Waals surface area (Å²) in [6.45, 7) is 2.90. The molecule has 0 fully saturated rings. The Labute approximate surface area is 245 Å². The number of esters is 1. The van der Waals surface area contributed by atoms with Crippen LogP contribution in [-0.2, 0) is 32.1 Å². The molecule has 0 bridgehead atoms. The molecule has 12 nitrogen and oxygen atoms in total. The quantitative estimate of drug-likeness (QED) is 0.111. The molecule has 1 aromatic heterocycles. The minimum atomic E-state index is -5.21. The van der Waals surface area contributed by atoms with Crippen LogP contribution >= 0.6 is 0 Å². The third kappa shape index (κ3) is 8.93. The Kier molecular flexibility index (Phi) is 11.6. The summed E-state index contributed by atoms with van der Waals surface area (Å²) < 4.78 is 90.7. The predicted octanol–water partition coefficient (Wildman–Crippen LogP) is -3.82. The van der Waals surface area contributed by atoms with Gasteiger partial charge in [0.2, 0.25) is 0 Å². The van der Waals surface area contributed by atoms with Gasteiger partial charge in [0.1, 0.15) is 29.3 Å². The van der Waals surface area contributed by atoms with Crippen molar-refractivity contribution in [3.05, 3.63) is 53.3 Å². The maximum Gasteiger partial charge on any atom is 1.00 e. The van der Waals surface area contributed by atoms with Gasteiger partial charge in [-0.3, -0.25) is 0 Å². The van der Waals surface area contributed by atoms with Gasteiger partial charge in [-0.1, -0.05) is 12.1 Å². The normalized spacial score (nSPS) is 11.2. The molecule has 0 saturated carbocycles. The number of carbonyl (C=O) groups excluding carboxylic acids is 1. The van der Waals surface area contributed by atoms with Crippen LogP contribution in [0.25, 0.3) is 11.0 Å². The van der Waals surface area contributed by atoms with Gasteiger partial charge in [0.05, 0.1) is 6.61 Å². The van der Waals surface area contributed by atoms with E-state index < -0.39 is 32.5 Å². The second kappa shape index (κ2) is 12.8. The molecule has 3 rings (SSSR count). The first kappa shape index (κ1) is 31.7. The number of fused-ring (bicyclic) bond motifs is 1.